The van der Waals surface area contributed by atoms with E-state index in [0.717, 1.165) is 6.61 Å². The van der Waals surface area contributed by atoms with Crippen molar-refractivity contribution < 1.29 is 4.74 Å². The fourth-order valence-electron chi connectivity index (χ4n) is 1.20. The average Bonchev–Trinajstić information content (AvgIpc) is 1.95. The third-order valence-corrected chi connectivity index (χ3v) is 3.11. The van der Waals surface area contributed by atoms with Gasteiger partial charge in [-0.15, -0.1) is 0 Å². The van der Waals surface area contributed by atoms with Crippen LogP contribution in [0.3, 0.4) is 0 Å². The molecule has 0 amide bonds. The van der Waals surface area contributed by atoms with Gasteiger partial charge in [0.25, 0.3) is 0 Å². The summed E-state index contributed by atoms with van der Waals surface area (Å²) in [5.41, 5.74) is 6.09. The van der Waals surface area contributed by atoms with E-state index in [4.69, 9.17) is 10.5 Å². The summed E-state index contributed by atoms with van der Waals surface area (Å²) in [5.74, 6) is 0. The number of rotatable bonds is 0. The van der Waals surface area contributed by atoms with Crippen molar-refractivity contribution in [2.75, 3.05) is 6.61 Å². The molecule has 2 nitrogen and oxygen atoms in total. The van der Waals surface area contributed by atoms with Crippen LogP contribution in [0, 0.1) is 5.41 Å². The van der Waals surface area contributed by atoms with Crippen LogP contribution >= 0.6 is 22.6 Å². The first-order valence-electron chi connectivity index (χ1n) is 3.45. The van der Waals surface area contributed by atoms with Gasteiger partial charge < -0.3 is 10.5 Å². The third kappa shape index (κ3) is 1.31. The predicted molar refractivity (Wildman–Crippen MR) is 50.1 cm³/mol. The van der Waals surface area contributed by atoms with Crippen molar-refractivity contribution in [3.05, 3.63) is 0 Å². The topological polar surface area (TPSA) is 35.2 Å². The summed E-state index contributed by atoms with van der Waals surface area (Å²) >= 11 is 2.27. The summed E-state index contributed by atoms with van der Waals surface area (Å²) in [4.78, 5) is 0. The maximum Gasteiger partial charge on any atom is 0.131 e. The molecule has 0 radical (unpaired) electrons. The van der Waals surface area contributed by atoms with E-state index in [-0.39, 0.29) is 15.1 Å². The normalized spacial score (nSPS) is 45.9. The van der Waals surface area contributed by atoms with Crippen molar-refractivity contribution in [1.29, 1.82) is 0 Å². The second kappa shape index (κ2) is 2.32. The summed E-state index contributed by atoms with van der Waals surface area (Å²) in [6.45, 7) is 7.09. The molecule has 60 valence electrons. The first-order valence-corrected chi connectivity index (χ1v) is 4.52. The van der Waals surface area contributed by atoms with Crippen LogP contribution in [0.25, 0.3) is 0 Å². The van der Waals surface area contributed by atoms with Crippen LogP contribution in [-0.4, -0.2) is 16.3 Å². The zero-order valence-electron chi connectivity index (χ0n) is 6.65. The molecule has 0 aromatic heterocycles. The van der Waals surface area contributed by atoms with Gasteiger partial charge >= 0.3 is 0 Å². The molecule has 0 bridgehead atoms. The highest BCUT2D eigenvalue weighted by Crippen LogP contribution is 2.41. The molecule has 0 aliphatic carbocycles. The Morgan fingerprint density at radius 1 is 1.50 bits per heavy atom. The van der Waals surface area contributed by atoms with Crippen molar-refractivity contribution in [2.45, 2.75) is 30.4 Å². The van der Waals surface area contributed by atoms with Crippen LogP contribution in [0.1, 0.15) is 20.8 Å². The van der Waals surface area contributed by atoms with Crippen LogP contribution in [0.5, 0.6) is 0 Å². The van der Waals surface area contributed by atoms with Gasteiger partial charge in [0.15, 0.2) is 0 Å². The van der Waals surface area contributed by atoms with E-state index >= 15 is 0 Å². The Morgan fingerprint density at radius 2 is 2.00 bits per heavy atom. The lowest BCUT2D eigenvalue weighted by Gasteiger charge is -2.27. The van der Waals surface area contributed by atoms with Gasteiger partial charge in [0.05, 0.1) is 6.61 Å². The van der Waals surface area contributed by atoms with E-state index < -0.39 is 0 Å². The second-order valence-electron chi connectivity index (χ2n) is 3.74. The number of alkyl halides is 1. The highest BCUT2D eigenvalue weighted by atomic mass is 127. The fraction of sp³-hybridized carbons (Fsp3) is 1.00. The van der Waals surface area contributed by atoms with Gasteiger partial charge in [-0.1, -0.05) is 13.8 Å². The number of hydrogen-bond donors (Lipinski definition) is 1. The van der Waals surface area contributed by atoms with Crippen LogP contribution in [-0.2, 0) is 4.74 Å². The van der Waals surface area contributed by atoms with Gasteiger partial charge in [0, 0.05) is 11.5 Å². The van der Waals surface area contributed by atoms with Gasteiger partial charge in [-0.3, -0.25) is 0 Å². The van der Waals surface area contributed by atoms with Crippen LogP contribution in [0.15, 0.2) is 0 Å². The molecule has 1 unspecified atom stereocenters. The van der Waals surface area contributed by atoms with Gasteiger partial charge in [0.2, 0.25) is 0 Å². The minimum absolute atomic E-state index is 0.135. The SMILES string of the molecule is CC1(C)COC(C)(I)[C@@H]1N. The Labute approximate surface area is 75.6 Å². The zero-order valence-corrected chi connectivity index (χ0v) is 8.81. The van der Waals surface area contributed by atoms with E-state index in [1.54, 1.807) is 0 Å². The number of nitrogens with two attached hydrogens (primary N) is 1. The van der Waals surface area contributed by atoms with E-state index in [2.05, 4.69) is 36.4 Å². The average molecular weight is 255 g/mol. The standard InChI is InChI=1S/C7H14INO/c1-6(2)4-10-7(3,8)5(6)9/h5H,4,9H2,1-3H3/t5-,7?/m1/s1. The predicted octanol–water partition coefficient (Wildman–Crippen LogP) is 1.52. The number of halogens is 1. The minimum Gasteiger partial charge on any atom is -0.363 e. The Morgan fingerprint density at radius 3 is 2.10 bits per heavy atom. The van der Waals surface area contributed by atoms with Crippen molar-refractivity contribution in [3.8, 4) is 0 Å². The molecule has 10 heavy (non-hydrogen) atoms. The molecule has 1 aliphatic heterocycles. The van der Waals surface area contributed by atoms with E-state index in [1.807, 2.05) is 6.92 Å². The molecule has 1 heterocycles. The molecular formula is C7H14INO. The van der Waals surface area contributed by atoms with Crippen molar-refractivity contribution in [2.24, 2.45) is 11.1 Å². The Bertz CT molecular complexity index is 129. The van der Waals surface area contributed by atoms with Gasteiger partial charge in [-0.25, -0.2) is 0 Å². The molecule has 3 heteroatoms. The molecule has 1 rings (SSSR count). The second-order valence-corrected chi connectivity index (χ2v) is 5.88. The summed E-state index contributed by atoms with van der Waals surface area (Å²) in [7, 11) is 0. The first kappa shape index (κ1) is 8.74. The summed E-state index contributed by atoms with van der Waals surface area (Å²) in [6, 6.07) is 0.139. The lowest BCUT2D eigenvalue weighted by Crippen LogP contribution is -2.44. The number of hydrogen-bond acceptors (Lipinski definition) is 2. The number of ether oxygens (including phenoxy) is 1. The molecule has 0 aromatic carbocycles. The molecular weight excluding hydrogens is 241 g/mol. The largest absolute Gasteiger partial charge is 0.363 e. The Hall–Kier alpha value is 0.650. The maximum absolute atomic E-state index is 5.96. The van der Waals surface area contributed by atoms with E-state index in [9.17, 15) is 0 Å². The van der Waals surface area contributed by atoms with Gasteiger partial charge in [-0.05, 0) is 29.5 Å². The van der Waals surface area contributed by atoms with Crippen LogP contribution in [0.4, 0.5) is 0 Å². The van der Waals surface area contributed by atoms with Crippen molar-refractivity contribution in [1.82, 2.24) is 0 Å². The van der Waals surface area contributed by atoms with Gasteiger partial charge in [-0.2, -0.15) is 0 Å². The van der Waals surface area contributed by atoms with Crippen LogP contribution < -0.4 is 5.73 Å². The zero-order chi connectivity index (χ0) is 7.99. The molecule has 0 spiro atoms. The van der Waals surface area contributed by atoms with Crippen LogP contribution in [0.2, 0.25) is 0 Å². The minimum atomic E-state index is -0.165. The molecule has 1 fully saturated rings. The molecule has 0 saturated carbocycles. The van der Waals surface area contributed by atoms with Crippen molar-refractivity contribution in [3.63, 3.8) is 0 Å². The van der Waals surface area contributed by atoms with E-state index in [0.29, 0.717) is 0 Å². The Balaban J connectivity index is 2.77. The summed E-state index contributed by atoms with van der Waals surface area (Å²) < 4.78 is 5.36. The molecule has 2 atom stereocenters. The monoisotopic (exact) mass is 255 g/mol. The third-order valence-electron chi connectivity index (χ3n) is 2.12. The molecule has 0 aromatic rings. The molecule has 2 N–H and O–H groups in total. The van der Waals surface area contributed by atoms with E-state index in [1.165, 1.54) is 0 Å². The molecule has 1 saturated heterocycles. The highest BCUT2D eigenvalue weighted by Gasteiger charge is 2.47. The van der Waals surface area contributed by atoms with Crippen molar-refractivity contribution >= 4 is 22.6 Å². The summed E-state index contributed by atoms with van der Waals surface area (Å²) in [5, 5.41) is 0. The summed E-state index contributed by atoms with van der Waals surface area (Å²) in [6.07, 6.45) is 0. The van der Waals surface area contributed by atoms with Gasteiger partial charge in [0.1, 0.15) is 3.61 Å². The first-order chi connectivity index (χ1) is 4.36. The highest BCUT2D eigenvalue weighted by molar-refractivity contribution is 14.1. The maximum atomic E-state index is 5.96. The Kier molecular flexibility index (Phi) is 2.03. The molecule has 1 aliphatic rings. The fourth-order valence-corrected chi connectivity index (χ4v) is 2.20. The quantitative estimate of drug-likeness (QED) is 0.526. The lowest BCUT2D eigenvalue weighted by molar-refractivity contribution is 0.0969. The smallest absolute Gasteiger partial charge is 0.131 e. The lowest BCUT2D eigenvalue weighted by atomic mass is 9.86.